The van der Waals surface area contributed by atoms with E-state index in [1.54, 1.807) is 6.26 Å². The van der Waals surface area contributed by atoms with E-state index in [-0.39, 0.29) is 11.3 Å². The first kappa shape index (κ1) is 23.2. The van der Waals surface area contributed by atoms with E-state index in [1.807, 2.05) is 42.5 Å². The molecule has 6 heteroatoms. The van der Waals surface area contributed by atoms with Gasteiger partial charge in [-0.05, 0) is 70.2 Å². The highest BCUT2D eigenvalue weighted by Gasteiger charge is 2.22. The minimum Gasteiger partial charge on any atom is -0.612 e. The van der Waals surface area contributed by atoms with Crippen LogP contribution in [0, 0.1) is 0 Å². The first-order chi connectivity index (χ1) is 15.7. The van der Waals surface area contributed by atoms with Gasteiger partial charge in [-0.2, -0.15) is 0 Å². The van der Waals surface area contributed by atoms with E-state index in [0.29, 0.717) is 24.5 Å². The highest BCUT2D eigenvalue weighted by atomic mass is 32.2. The minimum absolute atomic E-state index is 0.112. The van der Waals surface area contributed by atoms with Crippen molar-refractivity contribution in [3.8, 4) is 5.75 Å². The molecule has 5 nitrogen and oxygen atoms in total. The van der Waals surface area contributed by atoms with Crippen LogP contribution in [-0.2, 0) is 23.1 Å². The predicted octanol–water partition coefficient (Wildman–Crippen LogP) is 5.18. The molecule has 1 N–H and O–H groups in total. The molecule has 1 atom stereocenters. The van der Waals surface area contributed by atoms with E-state index in [0.717, 1.165) is 28.4 Å². The Bertz CT molecular complexity index is 1120. The summed E-state index contributed by atoms with van der Waals surface area (Å²) in [5.74, 6) is 0.555. The molecule has 0 saturated heterocycles. The van der Waals surface area contributed by atoms with Gasteiger partial charge in [-0.1, -0.05) is 45.0 Å². The summed E-state index contributed by atoms with van der Waals surface area (Å²) < 4.78 is 17.4. The van der Waals surface area contributed by atoms with Crippen LogP contribution in [-0.4, -0.2) is 29.9 Å². The standard InChI is InChI=1S/C27H30N2O3S/c1-27(2,3)21-8-10-22(11-9-21)29-15-16-32-25-17-20(7-14-24(25)29)26(30)28-18-19-5-12-23(13-6-19)33(4)31/h5-14,17H,15-16,18H2,1-4H3,(H,28,30). The number of hydrogen-bond donors (Lipinski definition) is 1. The van der Waals surface area contributed by atoms with Crippen LogP contribution in [0.25, 0.3) is 0 Å². The van der Waals surface area contributed by atoms with Gasteiger partial charge < -0.3 is 19.5 Å². The molecule has 1 aliphatic rings. The topological polar surface area (TPSA) is 64.6 Å². The van der Waals surface area contributed by atoms with Crippen molar-refractivity contribution in [2.45, 2.75) is 37.6 Å². The van der Waals surface area contributed by atoms with Gasteiger partial charge in [0, 0.05) is 17.8 Å². The lowest BCUT2D eigenvalue weighted by Crippen LogP contribution is -2.29. The van der Waals surface area contributed by atoms with Crippen molar-refractivity contribution in [1.29, 1.82) is 0 Å². The fourth-order valence-corrected chi connectivity index (χ4v) is 4.37. The lowest BCUT2D eigenvalue weighted by molar-refractivity contribution is 0.0950. The van der Waals surface area contributed by atoms with Crippen LogP contribution in [0.3, 0.4) is 0 Å². The molecule has 1 heterocycles. The van der Waals surface area contributed by atoms with Crippen LogP contribution in [0.2, 0.25) is 0 Å². The van der Waals surface area contributed by atoms with Gasteiger partial charge >= 0.3 is 0 Å². The van der Waals surface area contributed by atoms with Gasteiger partial charge in [-0.3, -0.25) is 4.79 Å². The van der Waals surface area contributed by atoms with Crippen LogP contribution < -0.4 is 15.0 Å². The van der Waals surface area contributed by atoms with Crippen LogP contribution in [0.15, 0.2) is 71.6 Å². The zero-order valence-corrected chi connectivity index (χ0v) is 20.4. The zero-order chi connectivity index (χ0) is 23.6. The second-order valence-electron chi connectivity index (χ2n) is 9.26. The lowest BCUT2D eigenvalue weighted by Gasteiger charge is -2.32. The molecule has 3 aromatic rings. The molecule has 0 bridgehead atoms. The minimum atomic E-state index is -1.01. The number of rotatable bonds is 5. The number of nitrogens with one attached hydrogen (secondary N) is 1. The third-order valence-corrected chi connectivity index (χ3v) is 6.77. The van der Waals surface area contributed by atoms with Crippen molar-refractivity contribution >= 4 is 28.5 Å². The van der Waals surface area contributed by atoms with E-state index in [9.17, 15) is 9.35 Å². The largest absolute Gasteiger partial charge is 0.612 e. The van der Waals surface area contributed by atoms with E-state index in [1.165, 1.54) is 5.56 Å². The van der Waals surface area contributed by atoms with Gasteiger partial charge in [0.25, 0.3) is 5.91 Å². The number of benzene rings is 3. The average molecular weight is 463 g/mol. The first-order valence-electron chi connectivity index (χ1n) is 11.1. The van der Waals surface area contributed by atoms with Crippen molar-refractivity contribution in [2.24, 2.45) is 0 Å². The Morgan fingerprint density at radius 1 is 1.06 bits per heavy atom. The number of amides is 1. The Morgan fingerprint density at radius 2 is 1.76 bits per heavy atom. The van der Waals surface area contributed by atoms with Gasteiger partial charge in [-0.25, -0.2) is 0 Å². The molecule has 1 amide bonds. The summed E-state index contributed by atoms with van der Waals surface area (Å²) in [6.45, 7) is 8.35. The maximum absolute atomic E-state index is 12.7. The SMILES string of the molecule is C[S+]([O-])c1ccc(CNC(=O)c2ccc3c(c2)OCCN3c2ccc(C(C)(C)C)cc2)cc1. The lowest BCUT2D eigenvalue weighted by atomic mass is 9.87. The predicted molar refractivity (Wildman–Crippen MR) is 134 cm³/mol. The third-order valence-electron chi connectivity index (χ3n) is 5.84. The summed E-state index contributed by atoms with van der Waals surface area (Å²) in [6.07, 6.45) is 1.65. The van der Waals surface area contributed by atoms with Gasteiger partial charge in [0.2, 0.25) is 0 Å². The summed E-state index contributed by atoms with van der Waals surface area (Å²) in [5.41, 5.74) is 5.00. The molecule has 4 rings (SSSR count). The second-order valence-corrected chi connectivity index (χ2v) is 10.6. The number of nitrogens with zero attached hydrogens (tertiary/aromatic N) is 1. The number of fused-ring (bicyclic) bond motifs is 1. The Hall–Kier alpha value is -2.96. The Labute approximate surface area is 199 Å². The molecule has 172 valence electrons. The van der Waals surface area contributed by atoms with Crippen molar-refractivity contribution in [3.63, 3.8) is 0 Å². The van der Waals surface area contributed by atoms with Crippen molar-refractivity contribution in [2.75, 3.05) is 24.3 Å². The summed E-state index contributed by atoms with van der Waals surface area (Å²) in [5, 5.41) is 2.95. The van der Waals surface area contributed by atoms with Crippen LogP contribution in [0.1, 0.15) is 42.3 Å². The molecule has 33 heavy (non-hydrogen) atoms. The highest BCUT2D eigenvalue weighted by molar-refractivity contribution is 7.90. The zero-order valence-electron chi connectivity index (χ0n) is 19.6. The van der Waals surface area contributed by atoms with E-state index in [4.69, 9.17) is 4.74 Å². The fourth-order valence-electron chi connectivity index (χ4n) is 3.85. The van der Waals surface area contributed by atoms with E-state index >= 15 is 0 Å². The molecule has 1 aliphatic heterocycles. The summed E-state index contributed by atoms with van der Waals surface area (Å²) in [6, 6.07) is 21.7. The number of hydrogen-bond acceptors (Lipinski definition) is 4. The summed E-state index contributed by atoms with van der Waals surface area (Å²) >= 11 is -1.01. The Morgan fingerprint density at radius 3 is 2.39 bits per heavy atom. The molecular formula is C27H30N2O3S. The monoisotopic (exact) mass is 462 g/mol. The molecule has 0 radical (unpaired) electrons. The van der Waals surface area contributed by atoms with Crippen LogP contribution in [0.5, 0.6) is 5.75 Å². The van der Waals surface area contributed by atoms with Gasteiger partial charge in [-0.15, -0.1) is 0 Å². The van der Waals surface area contributed by atoms with Gasteiger partial charge in [0.1, 0.15) is 18.6 Å². The van der Waals surface area contributed by atoms with E-state index < -0.39 is 11.2 Å². The summed E-state index contributed by atoms with van der Waals surface area (Å²) in [7, 11) is 0. The average Bonchev–Trinajstić information content (AvgIpc) is 2.81. The molecule has 0 fully saturated rings. The molecule has 0 aliphatic carbocycles. The highest BCUT2D eigenvalue weighted by Crippen LogP contribution is 2.38. The molecule has 0 spiro atoms. The number of ether oxygens (including phenoxy) is 1. The third kappa shape index (κ3) is 5.34. The Kier molecular flexibility index (Phi) is 6.68. The van der Waals surface area contributed by atoms with Gasteiger partial charge in [0.05, 0.1) is 12.2 Å². The first-order valence-corrected chi connectivity index (χ1v) is 12.6. The number of carbonyl (C=O) groups is 1. The van der Waals surface area contributed by atoms with Crippen LogP contribution in [0.4, 0.5) is 11.4 Å². The Balaban J connectivity index is 1.46. The van der Waals surface area contributed by atoms with Crippen molar-refractivity contribution < 1.29 is 14.1 Å². The fraction of sp³-hybridized carbons (Fsp3) is 0.296. The molecule has 1 unspecified atom stereocenters. The quantitative estimate of drug-likeness (QED) is 0.531. The van der Waals surface area contributed by atoms with Crippen molar-refractivity contribution in [3.05, 3.63) is 83.4 Å². The van der Waals surface area contributed by atoms with Crippen LogP contribution >= 0.6 is 0 Å². The molecule has 3 aromatic carbocycles. The van der Waals surface area contributed by atoms with Crippen molar-refractivity contribution in [1.82, 2.24) is 5.32 Å². The molecular weight excluding hydrogens is 432 g/mol. The molecule has 0 aromatic heterocycles. The normalized spacial score (nSPS) is 14.3. The smallest absolute Gasteiger partial charge is 0.251 e. The maximum Gasteiger partial charge on any atom is 0.251 e. The molecule has 0 saturated carbocycles. The summed E-state index contributed by atoms with van der Waals surface area (Å²) in [4.78, 5) is 15.7. The van der Waals surface area contributed by atoms with E-state index in [2.05, 4.69) is 55.3 Å². The maximum atomic E-state index is 12.7. The second kappa shape index (κ2) is 9.49. The number of anilines is 2. The number of carbonyl (C=O) groups excluding carboxylic acids is 1. The van der Waals surface area contributed by atoms with Gasteiger partial charge in [0.15, 0.2) is 4.90 Å².